The third kappa shape index (κ3) is 2.28. The maximum absolute atomic E-state index is 9.80. The largest absolute Gasteiger partial charge is 0.353 e. The van der Waals surface area contributed by atoms with E-state index < -0.39 is 6.10 Å². The molecule has 0 rings (SSSR count). The molecule has 0 aliphatic heterocycles. The van der Waals surface area contributed by atoms with Crippen molar-refractivity contribution in [2.75, 3.05) is 0 Å². The summed E-state index contributed by atoms with van der Waals surface area (Å²) in [5.41, 5.74) is 0. The van der Waals surface area contributed by atoms with E-state index in [0.29, 0.717) is 12.7 Å². The van der Waals surface area contributed by atoms with Crippen molar-refractivity contribution in [1.29, 1.82) is 0 Å². The lowest BCUT2D eigenvalue weighted by Crippen LogP contribution is -2.08. The van der Waals surface area contributed by atoms with E-state index >= 15 is 0 Å². The Morgan fingerprint density at radius 3 is 2.62 bits per heavy atom. The first-order valence-corrected chi connectivity index (χ1v) is 2.29. The van der Waals surface area contributed by atoms with E-state index in [2.05, 4.69) is 10.2 Å². The molecule has 0 heterocycles. The van der Waals surface area contributed by atoms with Gasteiger partial charge < -0.3 is 4.84 Å². The van der Waals surface area contributed by atoms with Crippen LogP contribution in [0.2, 0.25) is 0 Å². The van der Waals surface area contributed by atoms with E-state index in [1.54, 1.807) is 6.92 Å². The van der Waals surface area contributed by atoms with Crippen molar-refractivity contribution in [3.8, 4) is 0 Å². The highest BCUT2D eigenvalue weighted by molar-refractivity contribution is 5.55. The van der Waals surface area contributed by atoms with Crippen LogP contribution in [0.3, 0.4) is 0 Å². The number of rotatable bonds is 4. The average molecular weight is 117 g/mol. The van der Waals surface area contributed by atoms with Crippen molar-refractivity contribution in [2.45, 2.75) is 19.4 Å². The van der Waals surface area contributed by atoms with Crippen LogP contribution in [-0.2, 0) is 9.63 Å². The Hall–Kier alpha value is -0.930. The van der Waals surface area contributed by atoms with Crippen molar-refractivity contribution in [3.63, 3.8) is 0 Å². The standard InChI is InChI=1S/C4H7NO3/c1-2-4(3-6)8-5-7/h3-4H,2H2,1H3. The van der Waals surface area contributed by atoms with Gasteiger partial charge in [0.1, 0.15) is 0 Å². The predicted octanol–water partition coefficient (Wildman–Crippen LogP) is 0.662. The summed E-state index contributed by atoms with van der Waals surface area (Å²) in [5.74, 6) is 0. The van der Waals surface area contributed by atoms with E-state index in [1.165, 1.54) is 0 Å². The Bertz CT molecular complexity index is 83.4. The van der Waals surface area contributed by atoms with Gasteiger partial charge in [0, 0.05) is 0 Å². The van der Waals surface area contributed by atoms with Crippen LogP contribution >= 0.6 is 0 Å². The number of nitrogens with zero attached hydrogens (tertiary/aromatic N) is 1. The van der Waals surface area contributed by atoms with Crippen LogP contribution in [0.1, 0.15) is 13.3 Å². The van der Waals surface area contributed by atoms with Crippen LogP contribution in [0.4, 0.5) is 0 Å². The maximum Gasteiger partial charge on any atom is 0.185 e. The fraction of sp³-hybridized carbons (Fsp3) is 0.750. The molecule has 0 aromatic carbocycles. The Morgan fingerprint density at radius 2 is 2.50 bits per heavy atom. The van der Waals surface area contributed by atoms with E-state index in [9.17, 15) is 9.70 Å². The molecule has 0 aromatic rings. The molecule has 1 unspecified atom stereocenters. The van der Waals surface area contributed by atoms with Gasteiger partial charge in [0.15, 0.2) is 17.7 Å². The second kappa shape index (κ2) is 4.23. The lowest BCUT2D eigenvalue weighted by Gasteiger charge is -1.97. The molecule has 0 saturated heterocycles. The molecule has 0 aromatic heterocycles. The van der Waals surface area contributed by atoms with Gasteiger partial charge >= 0.3 is 0 Å². The molecule has 46 valence electrons. The number of carbonyl (C=O) groups excluding carboxylic acids is 1. The first-order chi connectivity index (χ1) is 3.85. The van der Waals surface area contributed by atoms with Crippen molar-refractivity contribution >= 4 is 6.29 Å². The molecule has 4 nitrogen and oxygen atoms in total. The Kier molecular flexibility index (Phi) is 3.74. The van der Waals surface area contributed by atoms with Gasteiger partial charge in [0.05, 0.1) is 0 Å². The monoisotopic (exact) mass is 117 g/mol. The zero-order valence-electron chi connectivity index (χ0n) is 4.53. The van der Waals surface area contributed by atoms with Crippen LogP contribution in [0.15, 0.2) is 5.34 Å². The highest BCUT2D eigenvalue weighted by Crippen LogP contribution is 1.92. The second-order valence-corrected chi connectivity index (χ2v) is 1.26. The molecule has 1 atom stereocenters. The van der Waals surface area contributed by atoms with Crippen LogP contribution in [-0.4, -0.2) is 12.4 Å². The van der Waals surface area contributed by atoms with Crippen molar-refractivity contribution < 1.29 is 9.63 Å². The van der Waals surface area contributed by atoms with Gasteiger partial charge in [0.2, 0.25) is 0 Å². The zero-order chi connectivity index (χ0) is 6.41. The summed E-state index contributed by atoms with van der Waals surface area (Å²) < 4.78 is 0. The van der Waals surface area contributed by atoms with Gasteiger partial charge in [-0.2, -0.15) is 0 Å². The van der Waals surface area contributed by atoms with Gasteiger partial charge in [-0.15, -0.1) is 4.91 Å². The normalized spacial score (nSPS) is 12.1. The second-order valence-electron chi connectivity index (χ2n) is 1.26. The number of hydrogen-bond acceptors (Lipinski definition) is 4. The zero-order valence-corrected chi connectivity index (χ0v) is 4.53. The average Bonchev–Trinajstić information content (AvgIpc) is 1.83. The summed E-state index contributed by atoms with van der Waals surface area (Å²) in [6.45, 7) is 1.73. The van der Waals surface area contributed by atoms with Gasteiger partial charge in [-0.3, -0.25) is 4.79 Å². The maximum atomic E-state index is 9.80. The fourth-order valence-corrected chi connectivity index (χ4v) is 0.251. The lowest BCUT2D eigenvalue weighted by molar-refractivity contribution is -0.118. The van der Waals surface area contributed by atoms with Crippen molar-refractivity contribution in [1.82, 2.24) is 0 Å². The van der Waals surface area contributed by atoms with Crippen LogP contribution < -0.4 is 0 Å². The van der Waals surface area contributed by atoms with E-state index in [0.717, 1.165) is 0 Å². The minimum absolute atomic E-state index is 0.481. The summed E-state index contributed by atoms with van der Waals surface area (Å²) in [7, 11) is 0. The van der Waals surface area contributed by atoms with E-state index in [-0.39, 0.29) is 0 Å². The smallest absolute Gasteiger partial charge is 0.185 e. The first kappa shape index (κ1) is 7.07. The first-order valence-electron chi connectivity index (χ1n) is 2.29. The van der Waals surface area contributed by atoms with Gasteiger partial charge in [-0.25, -0.2) is 0 Å². The van der Waals surface area contributed by atoms with E-state index in [1.807, 2.05) is 0 Å². The molecule has 4 heteroatoms. The SMILES string of the molecule is CCC(C=O)ON=O. The predicted molar refractivity (Wildman–Crippen MR) is 27.0 cm³/mol. The molecule has 8 heavy (non-hydrogen) atoms. The molecule has 0 amide bonds. The molecule has 0 radical (unpaired) electrons. The minimum Gasteiger partial charge on any atom is -0.353 e. The lowest BCUT2D eigenvalue weighted by atomic mass is 10.3. The molecular formula is C4H7NO3. The minimum atomic E-state index is -0.660. The quantitative estimate of drug-likeness (QED) is 0.309. The van der Waals surface area contributed by atoms with Crippen molar-refractivity contribution in [3.05, 3.63) is 4.91 Å². The van der Waals surface area contributed by atoms with E-state index in [4.69, 9.17) is 0 Å². The third-order valence-electron chi connectivity index (χ3n) is 0.733. The highest BCUT2D eigenvalue weighted by atomic mass is 16.7. The number of carbonyl (C=O) groups is 1. The Labute approximate surface area is 46.8 Å². The van der Waals surface area contributed by atoms with Crippen molar-refractivity contribution in [2.24, 2.45) is 5.34 Å². The third-order valence-corrected chi connectivity index (χ3v) is 0.733. The molecular weight excluding hydrogens is 110 g/mol. The van der Waals surface area contributed by atoms with Gasteiger partial charge in [0.25, 0.3) is 0 Å². The number of hydrogen-bond donors (Lipinski definition) is 0. The van der Waals surface area contributed by atoms with Gasteiger partial charge in [-0.1, -0.05) is 6.92 Å². The summed E-state index contributed by atoms with van der Waals surface area (Å²) in [4.78, 5) is 23.1. The van der Waals surface area contributed by atoms with Crippen LogP contribution in [0, 0.1) is 4.91 Å². The molecule has 0 aliphatic carbocycles. The molecule has 0 bridgehead atoms. The number of aldehydes is 1. The summed E-state index contributed by atoms with van der Waals surface area (Å²) in [6.07, 6.45) is 0.365. The molecule has 0 N–H and O–H groups in total. The summed E-state index contributed by atoms with van der Waals surface area (Å²) in [5, 5.41) is 2.10. The Morgan fingerprint density at radius 1 is 1.88 bits per heavy atom. The topological polar surface area (TPSA) is 55.7 Å². The Balaban J connectivity index is 3.35. The highest BCUT2D eigenvalue weighted by Gasteiger charge is 2.02. The molecule has 0 saturated carbocycles. The summed E-state index contributed by atoms with van der Waals surface area (Å²) in [6, 6.07) is 0. The van der Waals surface area contributed by atoms with Gasteiger partial charge in [-0.05, 0) is 6.42 Å². The molecule has 0 spiro atoms. The van der Waals surface area contributed by atoms with Crippen LogP contribution in [0.25, 0.3) is 0 Å². The summed E-state index contributed by atoms with van der Waals surface area (Å²) >= 11 is 0. The fourth-order valence-electron chi connectivity index (χ4n) is 0.251. The molecule has 0 aliphatic rings. The molecule has 0 fully saturated rings. The van der Waals surface area contributed by atoms with Crippen LogP contribution in [0.5, 0.6) is 0 Å².